The lowest BCUT2D eigenvalue weighted by Crippen LogP contribution is -2.15. The first-order valence-corrected chi connectivity index (χ1v) is 9.98. The van der Waals surface area contributed by atoms with Crippen molar-refractivity contribution < 1.29 is 19.0 Å². The molecule has 0 saturated carbocycles. The Labute approximate surface area is 172 Å². The summed E-state index contributed by atoms with van der Waals surface area (Å²) in [5, 5.41) is 3.89. The van der Waals surface area contributed by atoms with Crippen LogP contribution in [0.15, 0.2) is 42.5 Å². The first kappa shape index (κ1) is 19.1. The number of nitrogens with one attached hydrogen (secondary N) is 1. The largest absolute Gasteiger partial charge is 0.497 e. The molecule has 150 valence electrons. The molecule has 2 aromatic carbocycles. The Hall–Kier alpha value is -3.26. The summed E-state index contributed by atoms with van der Waals surface area (Å²) in [7, 11) is 1.63. The van der Waals surface area contributed by atoms with Crippen LogP contribution < -0.4 is 25.3 Å². The Morgan fingerprint density at radius 3 is 2.62 bits per heavy atom. The summed E-state index contributed by atoms with van der Waals surface area (Å²) in [6.45, 7) is 2.98. The lowest BCUT2D eigenvalue weighted by Gasteiger charge is -2.18. The molecule has 0 bridgehead atoms. The van der Waals surface area contributed by atoms with Crippen molar-refractivity contribution in [2.45, 2.75) is 13.0 Å². The van der Waals surface area contributed by atoms with Gasteiger partial charge in [0.15, 0.2) is 16.6 Å². The number of ketones is 1. The Balaban J connectivity index is 1.52. The summed E-state index contributed by atoms with van der Waals surface area (Å²) in [4.78, 5) is 17.7. The van der Waals surface area contributed by atoms with Crippen LogP contribution in [-0.4, -0.2) is 31.1 Å². The van der Waals surface area contributed by atoms with Crippen molar-refractivity contribution in [2.24, 2.45) is 0 Å². The molecule has 1 aliphatic heterocycles. The number of hydrogen-bond acceptors (Lipinski definition) is 8. The molecule has 2 heterocycles. The number of hydrogen-bond donors (Lipinski definition) is 2. The van der Waals surface area contributed by atoms with Crippen molar-refractivity contribution in [2.75, 3.05) is 31.4 Å². The van der Waals surface area contributed by atoms with Crippen LogP contribution in [0.1, 0.15) is 33.8 Å². The Morgan fingerprint density at radius 1 is 1.17 bits per heavy atom. The van der Waals surface area contributed by atoms with Crippen LogP contribution >= 0.6 is 11.3 Å². The fraction of sp³-hybridized carbons (Fsp3) is 0.238. The summed E-state index contributed by atoms with van der Waals surface area (Å²) in [5.41, 5.74) is 7.59. The van der Waals surface area contributed by atoms with E-state index in [1.165, 1.54) is 11.3 Å². The number of carbonyl (C=O) groups excluding carboxylic acids is 1. The highest BCUT2D eigenvalue weighted by Crippen LogP contribution is 2.34. The molecular weight excluding hydrogens is 390 g/mol. The molecule has 29 heavy (non-hydrogen) atoms. The molecule has 3 aromatic rings. The molecule has 0 saturated heterocycles. The number of fused-ring (bicyclic) bond motifs is 1. The van der Waals surface area contributed by atoms with Crippen molar-refractivity contribution in [1.29, 1.82) is 0 Å². The van der Waals surface area contributed by atoms with E-state index >= 15 is 0 Å². The van der Waals surface area contributed by atoms with E-state index in [2.05, 4.69) is 10.3 Å². The van der Waals surface area contributed by atoms with Crippen LogP contribution in [0.4, 0.5) is 10.9 Å². The van der Waals surface area contributed by atoms with Gasteiger partial charge in [0.1, 0.15) is 29.7 Å². The second kappa shape index (κ2) is 8.00. The van der Waals surface area contributed by atoms with Crippen molar-refractivity contribution in [3.63, 3.8) is 0 Å². The minimum atomic E-state index is -0.192. The van der Waals surface area contributed by atoms with Crippen LogP contribution in [0.25, 0.3) is 0 Å². The average Bonchev–Trinajstić information content (AvgIpc) is 3.12. The number of nitrogen functional groups attached to an aromatic ring is 1. The molecule has 0 radical (unpaired) electrons. The van der Waals surface area contributed by atoms with Gasteiger partial charge in [0, 0.05) is 5.56 Å². The Bertz CT molecular complexity index is 1030. The van der Waals surface area contributed by atoms with E-state index in [1.807, 2.05) is 31.2 Å². The second-order valence-electron chi connectivity index (χ2n) is 6.56. The van der Waals surface area contributed by atoms with Crippen LogP contribution in [-0.2, 0) is 0 Å². The summed E-state index contributed by atoms with van der Waals surface area (Å²) >= 11 is 1.24. The molecule has 7 nitrogen and oxygen atoms in total. The summed E-state index contributed by atoms with van der Waals surface area (Å²) in [5.74, 6) is 2.02. The number of methoxy groups -OCH3 is 1. The van der Waals surface area contributed by atoms with E-state index in [-0.39, 0.29) is 17.6 Å². The summed E-state index contributed by atoms with van der Waals surface area (Å²) in [6, 6.07) is 12.9. The number of nitrogens with zero attached hydrogens (tertiary/aromatic N) is 1. The highest BCUT2D eigenvalue weighted by atomic mass is 32.1. The molecule has 8 heteroatoms. The van der Waals surface area contributed by atoms with Gasteiger partial charge in [-0.25, -0.2) is 4.98 Å². The summed E-state index contributed by atoms with van der Waals surface area (Å²) in [6.07, 6.45) is 0. The number of benzene rings is 2. The van der Waals surface area contributed by atoms with Crippen LogP contribution in [0, 0.1) is 0 Å². The average molecular weight is 411 g/mol. The smallest absolute Gasteiger partial charge is 0.206 e. The number of carbonyl (C=O) groups is 1. The minimum absolute atomic E-state index is 0.0105. The maximum absolute atomic E-state index is 12.9. The predicted octanol–water partition coefficient (Wildman–Crippen LogP) is 3.91. The highest BCUT2D eigenvalue weighted by Gasteiger charge is 2.21. The van der Waals surface area contributed by atoms with Gasteiger partial charge in [-0.1, -0.05) is 23.5 Å². The summed E-state index contributed by atoms with van der Waals surface area (Å²) < 4.78 is 16.3. The third kappa shape index (κ3) is 3.97. The number of thiazole rings is 1. The highest BCUT2D eigenvalue weighted by molar-refractivity contribution is 7.18. The molecule has 0 fully saturated rings. The lowest BCUT2D eigenvalue weighted by atomic mass is 10.1. The second-order valence-corrected chi connectivity index (χ2v) is 7.56. The fourth-order valence-corrected chi connectivity index (χ4v) is 3.97. The molecule has 0 unspecified atom stereocenters. The zero-order chi connectivity index (χ0) is 20.4. The maximum Gasteiger partial charge on any atom is 0.206 e. The number of anilines is 2. The van der Waals surface area contributed by atoms with Crippen LogP contribution in [0.5, 0.6) is 17.2 Å². The predicted molar refractivity (Wildman–Crippen MR) is 112 cm³/mol. The van der Waals surface area contributed by atoms with Crippen molar-refractivity contribution in [1.82, 2.24) is 4.98 Å². The van der Waals surface area contributed by atoms with E-state index in [1.54, 1.807) is 25.3 Å². The van der Waals surface area contributed by atoms with Gasteiger partial charge in [-0.05, 0) is 42.8 Å². The van der Waals surface area contributed by atoms with Gasteiger partial charge in [0.25, 0.3) is 0 Å². The monoisotopic (exact) mass is 411 g/mol. The maximum atomic E-state index is 12.9. The lowest BCUT2D eigenvalue weighted by molar-refractivity contribution is 0.104. The molecule has 4 rings (SSSR count). The van der Waals surface area contributed by atoms with Gasteiger partial charge >= 0.3 is 0 Å². The van der Waals surface area contributed by atoms with Crippen LogP contribution in [0.3, 0.4) is 0 Å². The third-order valence-corrected chi connectivity index (χ3v) is 5.62. The van der Waals surface area contributed by atoms with Gasteiger partial charge in [0.2, 0.25) is 5.78 Å². The molecule has 1 aromatic heterocycles. The van der Waals surface area contributed by atoms with Crippen molar-refractivity contribution in [3.8, 4) is 17.2 Å². The molecule has 1 aliphatic rings. The first-order chi connectivity index (χ1) is 14.0. The van der Waals surface area contributed by atoms with Crippen molar-refractivity contribution >= 4 is 28.1 Å². The molecule has 1 atom stereocenters. The molecule has 3 N–H and O–H groups in total. The van der Waals surface area contributed by atoms with Gasteiger partial charge in [-0.3, -0.25) is 4.79 Å². The Morgan fingerprint density at radius 2 is 1.90 bits per heavy atom. The number of aromatic nitrogens is 1. The zero-order valence-corrected chi connectivity index (χ0v) is 16.9. The minimum Gasteiger partial charge on any atom is -0.497 e. The van der Waals surface area contributed by atoms with Gasteiger partial charge in [0.05, 0.1) is 13.2 Å². The fourth-order valence-electron chi connectivity index (χ4n) is 3.03. The molecule has 0 amide bonds. The van der Waals surface area contributed by atoms with E-state index < -0.39 is 0 Å². The number of rotatable bonds is 6. The third-order valence-electron chi connectivity index (χ3n) is 4.62. The van der Waals surface area contributed by atoms with Crippen LogP contribution in [0.2, 0.25) is 0 Å². The zero-order valence-electron chi connectivity index (χ0n) is 16.1. The first-order valence-electron chi connectivity index (χ1n) is 9.16. The molecule has 0 spiro atoms. The Kier molecular flexibility index (Phi) is 5.26. The molecular formula is C21H21N3O4S. The van der Waals surface area contributed by atoms with E-state index in [0.29, 0.717) is 40.3 Å². The van der Waals surface area contributed by atoms with E-state index in [9.17, 15) is 4.79 Å². The number of nitrogens with two attached hydrogens (primary N) is 1. The van der Waals surface area contributed by atoms with Gasteiger partial charge < -0.3 is 25.3 Å². The SMILES string of the molecule is COc1ccc([C@@H](C)Nc2nc(N)c(C(=O)c3ccc4c(c3)OCCO4)s2)cc1. The van der Waals surface area contributed by atoms with E-state index in [0.717, 1.165) is 11.3 Å². The van der Waals surface area contributed by atoms with Gasteiger partial charge in [-0.2, -0.15) is 0 Å². The van der Waals surface area contributed by atoms with Gasteiger partial charge in [-0.15, -0.1) is 0 Å². The number of ether oxygens (including phenoxy) is 3. The van der Waals surface area contributed by atoms with Crippen molar-refractivity contribution in [3.05, 3.63) is 58.5 Å². The van der Waals surface area contributed by atoms with E-state index in [4.69, 9.17) is 19.9 Å². The molecule has 0 aliphatic carbocycles. The standard InChI is InChI=1S/C21H21N3O4S/c1-12(13-3-6-15(26-2)7-4-13)23-21-24-20(22)19(29-21)18(25)14-5-8-16-17(11-14)28-10-9-27-16/h3-8,11-12H,9-10,22H2,1-2H3,(H,23,24)/t12-/m1/s1. The normalized spacial score (nSPS) is 13.6. The topological polar surface area (TPSA) is 95.7 Å². The quantitative estimate of drug-likeness (QED) is 0.594.